The first kappa shape index (κ1) is 7.56. The number of hydrogen-bond acceptors (Lipinski definition) is 3. The first-order valence-electron chi connectivity index (χ1n) is 2.51. The number of hydrogen-bond donors (Lipinski definition) is 1. The van der Waals surface area contributed by atoms with E-state index < -0.39 is 10.0 Å². The molecule has 0 unspecified atom stereocenters. The van der Waals surface area contributed by atoms with Crippen molar-refractivity contribution in [2.75, 3.05) is 11.0 Å². The normalized spacial score (nSPS) is 11.3. The van der Waals surface area contributed by atoms with Crippen molar-refractivity contribution in [3.05, 3.63) is 17.5 Å². The van der Waals surface area contributed by atoms with Gasteiger partial charge in [0.15, 0.2) is 0 Å². The minimum Gasteiger partial charge on any atom is -0.275 e. The van der Waals surface area contributed by atoms with Crippen molar-refractivity contribution >= 4 is 26.4 Å². The Labute approximate surface area is 63.7 Å². The fraction of sp³-hybridized carbons (Fsp3) is 0.200. The van der Waals surface area contributed by atoms with Gasteiger partial charge in [-0.2, -0.15) is 0 Å². The van der Waals surface area contributed by atoms with Crippen LogP contribution >= 0.6 is 11.3 Å². The van der Waals surface area contributed by atoms with E-state index in [2.05, 4.69) is 10.1 Å². The van der Waals surface area contributed by atoms with Gasteiger partial charge in [-0.1, -0.05) is 0 Å². The van der Waals surface area contributed by atoms with Crippen molar-refractivity contribution in [1.29, 1.82) is 0 Å². The zero-order valence-electron chi connectivity index (χ0n) is 5.29. The van der Waals surface area contributed by atoms with Crippen molar-refractivity contribution in [3.8, 4) is 0 Å². The average molecular weight is 176 g/mol. The molecule has 0 aliphatic carbocycles. The topological polar surface area (TPSA) is 46.2 Å². The third kappa shape index (κ3) is 2.36. The minimum absolute atomic E-state index is 0.600. The lowest BCUT2D eigenvalue weighted by Gasteiger charge is -1.96. The zero-order valence-corrected chi connectivity index (χ0v) is 6.92. The zero-order chi connectivity index (χ0) is 7.61. The molecule has 5 heteroatoms. The molecule has 1 heterocycles. The third-order valence-corrected chi connectivity index (χ3v) is 2.19. The van der Waals surface area contributed by atoms with Crippen molar-refractivity contribution in [2.24, 2.45) is 0 Å². The van der Waals surface area contributed by atoms with Crippen LogP contribution in [0.25, 0.3) is 0 Å². The molecule has 10 heavy (non-hydrogen) atoms. The Morgan fingerprint density at radius 3 is 2.80 bits per heavy atom. The molecule has 0 spiro atoms. The molecule has 1 aromatic heterocycles. The van der Waals surface area contributed by atoms with E-state index in [4.69, 9.17) is 0 Å². The molecule has 1 radical (unpaired) electrons. The fourth-order valence-corrected chi connectivity index (χ4v) is 1.93. The molecule has 0 bridgehead atoms. The van der Waals surface area contributed by atoms with E-state index in [1.54, 1.807) is 12.1 Å². The summed E-state index contributed by atoms with van der Waals surface area (Å²) in [7, 11) is -3.11. The standard InChI is InChI=1S/C5H6NO2S2/c1-10(7,8)6-5-3-2-4-9-5/h2-3,6H,1H3. The largest absolute Gasteiger partial charge is 0.275 e. The van der Waals surface area contributed by atoms with E-state index in [-0.39, 0.29) is 0 Å². The molecule has 0 saturated heterocycles. The molecule has 0 saturated carbocycles. The predicted molar refractivity (Wildman–Crippen MR) is 41.6 cm³/mol. The number of thiophene rings is 1. The summed E-state index contributed by atoms with van der Waals surface area (Å²) in [5.74, 6) is 0. The maximum Gasteiger partial charge on any atom is 0.230 e. The van der Waals surface area contributed by atoms with Gasteiger partial charge < -0.3 is 0 Å². The van der Waals surface area contributed by atoms with Gasteiger partial charge in [-0.25, -0.2) is 8.42 Å². The Balaban J connectivity index is 2.75. The average Bonchev–Trinajstić information content (AvgIpc) is 2.12. The molecular formula is C5H6NO2S2. The molecular weight excluding hydrogens is 170 g/mol. The van der Waals surface area contributed by atoms with Crippen LogP contribution in [0.1, 0.15) is 0 Å². The highest BCUT2D eigenvalue weighted by Crippen LogP contribution is 2.14. The molecule has 0 aliphatic rings. The molecule has 3 nitrogen and oxygen atoms in total. The summed E-state index contributed by atoms with van der Waals surface area (Å²) in [5.41, 5.74) is 0. The Morgan fingerprint density at radius 2 is 2.40 bits per heavy atom. The van der Waals surface area contributed by atoms with Crippen LogP contribution in [0.4, 0.5) is 5.00 Å². The van der Waals surface area contributed by atoms with Crippen LogP contribution in [-0.4, -0.2) is 14.7 Å². The Morgan fingerprint density at radius 1 is 1.70 bits per heavy atom. The van der Waals surface area contributed by atoms with Gasteiger partial charge in [0, 0.05) is 5.38 Å². The van der Waals surface area contributed by atoms with Gasteiger partial charge in [0.25, 0.3) is 0 Å². The summed E-state index contributed by atoms with van der Waals surface area (Å²) < 4.78 is 23.5. The van der Waals surface area contributed by atoms with E-state index >= 15 is 0 Å². The Kier molecular flexibility index (Phi) is 1.96. The molecule has 0 fully saturated rings. The van der Waals surface area contributed by atoms with Gasteiger partial charge in [-0.05, 0) is 12.1 Å². The number of anilines is 1. The highest BCUT2D eigenvalue weighted by Gasteiger charge is 2.00. The van der Waals surface area contributed by atoms with Crippen molar-refractivity contribution in [1.82, 2.24) is 0 Å². The summed E-state index contributed by atoms with van der Waals surface area (Å²) in [6.45, 7) is 0. The van der Waals surface area contributed by atoms with E-state index in [9.17, 15) is 8.42 Å². The minimum atomic E-state index is -3.11. The van der Waals surface area contributed by atoms with Gasteiger partial charge in [0.05, 0.1) is 6.26 Å². The molecule has 1 aromatic rings. The molecule has 0 aliphatic heterocycles. The predicted octanol–water partition coefficient (Wildman–Crippen LogP) is 0.920. The van der Waals surface area contributed by atoms with Gasteiger partial charge in [0.2, 0.25) is 10.0 Å². The van der Waals surface area contributed by atoms with Gasteiger partial charge in [0.1, 0.15) is 5.00 Å². The second-order valence-electron chi connectivity index (χ2n) is 1.79. The van der Waals surface area contributed by atoms with Crippen LogP contribution in [0.5, 0.6) is 0 Å². The third-order valence-electron chi connectivity index (χ3n) is 0.758. The summed E-state index contributed by atoms with van der Waals surface area (Å²) in [4.78, 5) is 0. The quantitative estimate of drug-likeness (QED) is 0.728. The van der Waals surface area contributed by atoms with Crippen molar-refractivity contribution in [3.63, 3.8) is 0 Å². The van der Waals surface area contributed by atoms with E-state index in [0.29, 0.717) is 5.00 Å². The highest BCUT2D eigenvalue weighted by molar-refractivity contribution is 7.92. The Hall–Kier alpha value is -0.550. The highest BCUT2D eigenvalue weighted by atomic mass is 32.2. The van der Waals surface area contributed by atoms with Crippen LogP contribution in [0, 0.1) is 5.38 Å². The van der Waals surface area contributed by atoms with Crippen LogP contribution < -0.4 is 4.72 Å². The molecule has 1 N–H and O–H groups in total. The SMILES string of the molecule is CS(=O)(=O)Nc1cc[c]s1. The van der Waals surface area contributed by atoms with E-state index in [1.165, 1.54) is 11.3 Å². The van der Waals surface area contributed by atoms with Crippen molar-refractivity contribution in [2.45, 2.75) is 0 Å². The second kappa shape index (κ2) is 2.59. The molecule has 0 atom stereocenters. The lowest BCUT2D eigenvalue weighted by atomic mass is 10.6. The first-order valence-corrected chi connectivity index (χ1v) is 5.22. The molecule has 55 valence electrons. The lowest BCUT2D eigenvalue weighted by molar-refractivity contribution is 0.607. The maximum absolute atomic E-state index is 10.6. The maximum atomic E-state index is 10.6. The van der Waals surface area contributed by atoms with Crippen LogP contribution in [0.15, 0.2) is 12.1 Å². The van der Waals surface area contributed by atoms with E-state index in [1.807, 2.05) is 0 Å². The van der Waals surface area contributed by atoms with E-state index in [0.717, 1.165) is 6.26 Å². The fourth-order valence-electron chi connectivity index (χ4n) is 0.479. The summed E-state index contributed by atoms with van der Waals surface area (Å²) >= 11 is 1.23. The lowest BCUT2D eigenvalue weighted by Crippen LogP contribution is -2.07. The van der Waals surface area contributed by atoms with Gasteiger partial charge in [-0.15, -0.1) is 11.3 Å². The molecule has 0 aromatic carbocycles. The van der Waals surface area contributed by atoms with Crippen LogP contribution in [0.2, 0.25) is 0 Å². The first-order chi connectivity index (χ1) is 4.58. The second-order valence-corrected chi connectivity index (χ2v) is 4.42. The van der Waals surface area contributed by atoms with Crippen LogP contribution in [0.3, 0.4) is 0 Å². The Bertz CT molecular complexity index is 287. The number of rotatable bonds is 2. The smallest absolute Gasteiger partial charge is 0.230 e. The monoisotopic (exact) mass is 176 g/mol. The molecule has 1 rings (SSSR count). The number of nitrogens with one attached hydrogen (secondary N) is 1. The van der Waals surface area contributed by atoms with Gasteiger partial charge in [-0.3, -0.25) is 4.72 Å². The number of sulfonamides is 1. The summed E-state index contributed by atoms with van der Waals surface area (Å²) in [6, 6.07) is 3.32. The summed E-state index contributed by atoms with van der Waals surface area (Å²) in [6.07, 6.45) is 1.12. The van der Waals surface area contributed by atoms with Crippen molar-refractivity contribution < 1.29 is 8.42 Å². The summed E-state index contributed by atoms with van der Waals surface area (Å²) in [5, 5.41) is 3.37. The van der Waals surface area contributed by atoms with Gasteiger partial charge >= 0.3 is 0 Å². The molecule has 0 amide bonds. The van der Waals surface area contributed by atoms with Crippen LogP contribution in [-0.2, 0) is 10.0 Å².